The largest absolute Gasteiger partial charge is 0.490 e. The summed E-state index contributed by atoms with van der Waals surface area (Å²) in [5, 5.41) is 9.21. The van der Waals surface area contributed by atoms with Gasteiger partial charge in [-0.15, -0.1) is 6.58 Å². The van der Waals surface area contributed by atoms with Gasteiger partial charge in [0.05, 0.1) is 12.2 Å². The number of hydrogen-bond donors (Lipinski definition) is 1. The van der Waals surface area contributed by atoms with Crippen molar-refractivity contribution in [2.24, 2.45) is 5.73 Å². The number of allylic oxidation sites excluding steroid dienone is 1. The Kier molecular flexibility index (Phi) is 7.60. The van der Waals surface area contributed by atoms with Crippen LogP contribution in [-0.4, -0.2) is 11.6 Å². The van der Waals surface area contributed by atoms with Crippen molar-refractivity contribution in [1.82, 2.24) is 0 Å². The highest BCUT2D eigenvalue weighted by atomic mass is 32.1. The highest BCUT2D eigenvalue weighted by Crippen LogP contribution is 2.35. The molecule has 2 rings (SSSR count). The van der Waals surface area contributed by atoms with Gasteiger partial charge in [-0.25, -0.2) is 0 Å². The van der Waals surface area contributed by atoms with E-state index in [1.807, 2.05) is 55.5 Å². The lowest BCUT2D eigenvalue weighted by Crippen LogP contribution is -2.09. The fourth-order valence-corrected chi connectivity index (χ4v) is 2.66. The summed E-state index contributed by atoms with van der Waals surface area (Å²) in [5.74, 6) is 1.28. The van der Waals surface area contributed by atoms with Crippen LogP contribution in [0.4, 0.5) is 0 Å². The van der Waals surface area contributed by atoms with Gasteiger partial charge >= 0.3 is 0 Å². The minimum absolute atomic E-state index is 0.0603. The number of hydrogen-bond acceptors (Lipinski definition) is 4. The van der Waals surface area contributed by atoms with Gasteiger partial charge in [-0.05, 0) is 42.7 Å². The molecule has 0 spiro atoms. The second-order valence-corrected chi connectivity index (χ2v) is 6.18. The second kappa shape index (κ2) is 10.1. The minimum Gasteiger partial charge on any atom is -0.490 e. The number of nitrogens with zero attached hydrogens (tertiary/aromatic N) is 1. The van der Waals surface area contributed by atoms with Crippen molar-refractivity contribution in [3.05, 3.63) is 77.4 Å². The highest BCUT2D eigenvalue weighted by Gasteiger charge is 2.14. The van der Waals surface area contributed by atoms with Gasteiger partial charge in [-0.1, -0.05) is 48.6 Å². The Bertz CT molecular complexity index is 883. The van der Waals surface area contributed by atoms with Gasteiger partial charge in [0.2, 0.25) is 0 Å². The van der Waals surface area contributed by atoms with Crippen molar-refractivity contribution < 1.29 is 9.47 Å². The summed E-state index contributed by atoms with van der Waals surface area (Å²) in [6.07, 6.45) is 4.05. The van der Waals surface area contributed by atoms with Crippen molar-refractivity contribution in [2.45, 2.75) is 20.0 Å². The smallest absolute Gasteiger partial charge is 0.165 e. The molecule has 0 fully saturated rings. The Morgan fingerprint density at radius 3 is 2.59 bits per heavy atom. The van der Waals surface area contributed by atoms with Crippen LogP contribution in [0.1, 0.15) is 23.6 Å². The third kappa shape index (κ3) is 5.70. The lowest BCUT2D eigenvalue weighted by atomic mass is 10.0. The van der Waals surface area contributed by atoms with Gasteiger partial charge in [0.25, 0.3) is 0 Å². The Balaban J connectivity index is 2.45. The van der Waals surface area contributed by atoms with Crippen LogP contribution in [-0.2, 0) is 13.0 Å². The molecule has 27 heavy (non-hydrogen) atoms. The molecule has 0 heterocycles. The third-order valence-electron chi connectivity index (χ3n) is 3.74. The van der Waals surface area contributed by atoms with Crippen LogP contribution in [0.2, 0.25) is 0 Å². The first-order chi connectivity index (χ1) is 13.1. The van der Waals surface area contributed by atoms with E-state index < -0.39 is 0 Å². The molecule has 0 aliphatic heterocycles. The van der Waals surface area contributed by atoms with E-state index in [1.165, 1.54) is 0 Å². The zero-order chi connectivity index (χ0) is 19.6. The van der Waals surface area contributed by atoms with Gasteiger partial charge in [-0.2, -0.15) is 5.26 Å². The van der Waals surface area contributed by atoms with Gasteiger partial charge in [0.15, 0.2) is 11.5 Å². The van der Waals surface area contributed by atoms with Crippen molar-refractivity contribution in [3.8, 4) is 17.6 Å². The topological polar surface area (TPSA) is 68.3 Å². The highest BCUT2D eigenvalue weighted by molar-refractivity contribution is 7.80. The monoisotopic (exact) mass is 378 g/mol. The molecule has 0 saturated carbocycles. The summed E-state index contributed by atoms with van der Waals surface area (Å²) < 4.78 is 11.9. The molecule has 0 atom stereocenters. The summed E-state index contributed by atoms with van der Waals surface area (Å²) in [4.78, 5) is 0.0603. The van der Waals surface area contributed by atoms with Gasteiger partial charge in [0.1, 0.15) is 17.7 Å². The molecular formula is C22H22N2O2S. The van der Waals surface area contributed by atoms with Crippen molar-refractivity contribution in [1.29, 1.82) is 5.26 Å². The van der Waals surface area contributed by atoms with E-state index in [4.69, 9.17) is 27.4 Å². The van der Waals surface area contributed by atoms with E-state index >= 15 is 0 Å². The molecule has 0 aliphatic carbocycles. The summed E-state index contributed by atoms with van der Waals surface area (Å²) in [5.41, 5.74) is 8.59. The molecule has 5 heteroatoms. The van der Waals surface area contributed by atoms with Crippen LogP contribution in [0, 0.1) is 11.3 Å². The lowest BCUT2D eigenvalue weighted by molar-refractivity contribution is 0.267. The molecule has 2 aromatic carbocycles. The van der Waals surface area contributed by atoms with Gasteiger partial charge in [0, 0.05) is 5.56 Å². The van der Waals surface area contributed by atoms with Crippen molar-refractivity contribution in [3.63, 3.8) is 0 Å². The molecule has 0 bridgehead atoms. The summed E-state index contributed by atoms with van der Waals surface area (Å²) in [7, 11) is 0. The average molecular weight is 378 g/mol. The maximum Gasteiger partial charge on any atom is 0.165 e. The predicted octanol–water partition coefficient (Wildman–Crippen LogP) is 4.59. The lowest BCUT2D eigenvalue weighted by Gasteiger charge is -2.17. The van der Waals surface area contributed by atoms with E-state index in [0.717, 1.165) is 16.7 Å². The molecule has 0 unspecified atom stereocenters. The van der Waals surface area contributed by atoms with E-state index in [0.29, 0.717) is 31.1 Å². The average Bonchev–Trinajstić information content (AvgIpc) is 2.66. The first-order valence-corrected chi connectivity index (χ1v) is 8.98. The van der Waals surface area contributed by atoms with Crippen molar-refractivity contribution in [2.75, 3.05) is 6.61 Å². The predicted molar refractivity (Wildman–Crippen MR) is 113 cm³/mol. The maximum absolute atomic E-state index is 9.21. The Labute approximate surface area is 165 Å². The molecular weight excluding hydrogens is 356 g/mol. The molecule has 0 saturated heterocycles. The fourth-order valence-electron chi connectivity index (χ4n) is 2.56. The van der Waals surface area contributed by atoms with Crippen LogP contribution in [0.15, 0.2) is 60.7 Å². The second-order valence-electron chi connectivity index (χ2n) is 5.74. The maximum atomic E-state index is 9.21. The Hall–Kier alpha value is -3.10. The van der Waals surface area contributed by atoms with Crippen LogP contribution >= 0.6 is 12.2 Å². The van der Waals surface area contributed by atoms with Crippen LogP contribution in [0.5, 0.6) is 11.5 Å². The number of rotatable bonds is 9. The molecule has 0 amide bonds. The molecule has 138 valence electrons. The Morgan fingerprint density at radius 2 is 2.00 bits per heavy atom. The Morgan fingerprint density at radius 1 is 1.26 bits per heavy atom. The minimum atomic E-state index is 0.0603. The fraction of sp³-hybridized carbons (Fsp3) is 0.182. The molecule has 2 N–H and O–H groups in total. The molecule has 4 nitrogen and oxygen atoms in total. The van der Waals surface area contributed by atoms with Gasteiger partial charge < -0.3 is 15.2 Å². The number of nitriles is 1. The summed E-state index contributed by atoms with van der Waals surface area (Å²) >= 11 is 4.92. The molecule has 0 radical (unpaired) electrons. The third-order valence-corrected chi connectivity index (χ3v) is 3.96. The standard InChI is InChI=1S/C22H22N2O2S/c1-3-8-18-11-17(12-19(14-23)22(24)27)13-20(25-4-2)21(18)26-15-16-9-6-5-7-10-16/h3,5-7,9-13H,1,4,8,15H2,2H3,(H2,24,27)/b19-12-. The van der Waals surface area contributed by atoms with E-state index in [2.05, 4.69) is 6.58 Å². The zero-order valence-electron chi connectivity index (χ0n) is 15.3. The summed E-state index contributed by atoms with van der Waals surface area (Å²) in [6, 6.07) is 15.7. The zero-order valence-corrected chi connectivity index (χ0v) is 16.1. The van der Waals surface area contributed by atoms with Crippen LogP contribution < -0.4 is 15.2 Å². The number of ether oxygens (including phenoxy) is 2. The number of thiocarbonyl (C=S) groups is 1. The molecule has 0 aliphatic rings. The number of nitrogens with two attached hydrogens (primary N) is 1. The first kappa shape index (κ1) is 20.2. The molecule has 0 aromatic heterocycles. The number of benzene rings is 2. The van der Waals surface area contributed by atoms with Gasteiger partial charge in [-0.3, -0.25) is 0 Å². The SMILES string of the molecule is C=CCc1cc(/C=C(/C#N)C(N)=S)cc(OCC)c1OCc1ccccc1. The van der Waals surface area contributed by atoms with E-state index in [9.17, 15) is 5.26 Å². The van der Waals surface area contributed by atoms with Crippen molar-refractivity contribution >= 4 is 23.3 Å². The van der Waals surface area contributed by atoms with E-state index in [1.54, 1.807) is 12.2 Å². The van der Waals surface area contributed by atoms with E-state index in [-0.39, 0.29) is 10.6 Å². The quantitative estimate of drug-likeness (QED) is 0.299. The van der Waals surface area contributed by atoms with Crippen LogP contribution in [0.25, 0.3) is 6.08 Å². The first-order valence-electron chi connectivity index (χ1n) is 8.58. The normalized spacial score (nSPS) is 10.7. The van der Waals surface area contributed by atoms with Crippen LogP contribution in [0.3, 0.4) is 0 Å². The summed E-state index contributed by atoms with van der Waals surface area (Å²) in [6.45, 7) is 6.65. The molecule has 2 aromatic rings.